The number of nitro groups is 1. The van der Waals surface area contributed by atoms with Gasteiger partial charge in [0.1, 0.15) is 5.75 Å². The quantitative estimate of drug-likeness (QED) is 0.484. The van der Waals surface area contributed by atoms with Crippen molar-refractivity contribution in [3.05, 3.63) is 57.8 Å². The highest BCUT2D eigenvalue weighted by atomic mass is 35.5. The van der Waals surface area contributed by atoms with Gasteiger partial charge in [-0.15, -0.1) is 11.6 Å². The van der Waals surface area contributed by atoms with Crippen molar-refractivity contribution in [1.29, 1.82) is 0 Å². The van der Waals surface area contributed by atoms with Crippen molar-refractivity contribution >= 4 is 17.3 Å². The first kappa shape index (κ1) is 13.3. The molecule has 98 valence electrons. The summed E-state index contributed by atoms with van der Waals surface area (Å²) < 4.78 is 5.60. The minimum absolute atomic E-state index is 0.0611. The summed E-state index contributed by atoms with van der Waals surface area (Å²) in [6.07, 6.45) is 1.60. The van der Waals surface area contributed by atoms with Crippen molar-refractivity contribution in [3.63, 3.8) is 0 Å². The Bertz CT molecular complexity index is 617. The fourth-order valence-corrected chi connectivity index (χ4v) is 1.83. The summed E-state index contributed by atoms with van der Waals surface area (Å²) >= 11 is 5.79. The van der Waals surface area contributed by atoms with Crippen molar-refractivity contribution in [2.75, 3.05) is 0 Å². The summed E-state index contributed by atoms with van der Waals surface area (Å²) in [5.41, 5.74) is 1.36. The number of nitro benzene ring substituents is 1. The molecule has 2 aromatic rings. The molecule has 2 rings (SSSR count). The van der Waals surface area contributed by atoms with E-state index in [1.54, 1.807) is 25.3 Å². The monoisotopic (exact) mass is 278 g/mol. The van der Waals surface area contributed by atoms with Crippen molar-refractivity contribution in [1.82, 2.24) is 4.98 Å². The second-order valence-electron chi connectivity index (χ2n) is 3.91. The van der Waals surface area contributed by atoms with Crippen LogP contribution in [0.1, 0.15) is 11.1 Å². The molecule has 0 spiro atoms. The van der Waals surface area contributed by atoms with Crippen LogP contribution in [0.15, 0.2) is 36.5 Å². The third-order valence-corrected chi connectivity index (χ3v) is 2.86. The van der Waals surface area contributed by atoms with Crippen LogP contribution in [0.2, 0.25) is 0 Å². The van der Waals surface area contributed by atoms with E-state index in [9.17, 15) is 10.1 Å². The summed E-state index contributed by atoms with van der Waals surface area (Å²) in [5.74, 6) is 1.19. The summed E-state index contributed by atoms with van der Waals surface area (Å²) in [4.78, 5) is 14.4. The average molecular weight is 279 g/mol. The largest absolute Gasteiger partial charge is 0.439 e. The molecule has 0 amide bonds. The number of benzene rings is 1. The molecular weight excluding hydrogens is 268 g/mol. The highest BCUT2D eigenvalue weighted by Gasteiger charge is 2.12. The predicted octanol–water partition coefficient (Wildman–Crippen LogP) is 3.83. The van der Waals surface area contributed by atoms with E-state index in [0.717, 1.165) is 5.56 Å². The highest BCUT2D eigenvalue weighted by molar-refractivity contribution is 6.17. The molecule has 1 aromatic carbocycles. The summed E-state index contributed by atoms with van der Waals surface area (Å²) in [6, 6.07) is 8.13. The van der Waals surface area contributed by atoms with Gasteiger partial charge in [0, 0.05) is 23.4 Å². The van der Waals surface area contributed by atoms with E-state index in [2.05, 4.69) is 4.98 Å². The van der Waals surface area contributed by atoms with Crippen LogP contribution >= 0.6 is 11.6 Å². The Morgan fingerprint density at radius 3 is 2.84 bits per heavy atom. The molecule has 19 heavy (non-hydrogen) atoms. The molecule has 0 aliphatic carbocycles. The lowest BCUT2D eigenvalue weighted by molar-refractivity contribution is -0.385. The first-order chi connectivity index (χ1) is 9.11. The van der Waals surface area contributed by atoms with Crippen molar-refractivity contribution in [3.8, 4) is 11.6 Å². The maximum atomic E-state index is 10.7. The van der Waals surface area contributed by atoms with Gasteiger partial charge in [0.2, 0.25) is 5.88 Å². The average Bonchev–Trinajstić information content (AvgIpc) is 2.39. The molecule has 1 heterocycles. The number of halogens is 1. The number of hydrogen-bond acceptors (Lipinski definition) is 4. The van der Waals surface area contributed by atoms with Gasteiger partial charge in [-0.25, -0.2) is 4.98 Å². The fourth-order valence-electron chi connectivity index (χ4n) is 1.63. The Balaban J connectivity index is 2.29. The molecule has 1 aromatic heterocycles. The summed E-state index contributed by atoms with van der Waals surface area (Å²) in [6.45, 7) is 1.66. The lowest BCUT2D eigenvalue weighted by Gasteiger charge is -2.08. The SMILES string of the molecule is Cc1cc(Oc2ncccc2CCl)ccc1[N+](=O)[O-]. The van der Waals surface area contributed by atoms with E-state index in [4.69, 9.17) is 16.3 Å². The van der Waals surface area contributed by atoms with Crippen LogP contribution in [0.4, 0.5) is 5.69 Å². The third-order valence-electron chi connectivity index (χ3n) is 2.57. The smallest absolute Gasteiger partial charge is 0.272 e. The minimum atomic E-state index is -0.427. The van der Waals surface area contributed by atoms with Crippen LogP contribution in [0.3, 0.4) is 0 Å². The van der Waals surface area contributed by atoms with Crippen LogP contribution in [0.5, 0.6) is 11.6 Å². The van der Waals surface area contributed by atoms with E-state index in [1.165, 1.54) is 12.1 Å². The summed E-state index contributed by atoms with van der Waals surface area (Å²) in [5, 5.41) is 10.7. The topological polar surface area (TPSA) is 65.3 Å². The molecule has 0 saturated carbocycles. The molecule has 0 aliphatic heterocycles. The van der Waals surface area contributed by atoms with Crippen molar-refractivity contribution in [2.24, 2.45) is 0 Å². The fraction of sp³-hybridized carbons (Fsp3) is 0.154. The Labute approximate surface area is 115 Å². The normalized spacial score (nSPS) is 10.2. The van der Waals surface area contributed by atoms with Crippen molar-refractivity contribution < 1.29 is 9.66 Å². The van der Waals surface area contributed by atoms with Gasteiger partial charge in [0.05, 0.1) is 10.8 Å². The maximum absolute atomic E-state index is 10.7. The molecule has 0 bridgehead atoms. The molecule has 0 atom stereocenters. The van der Waals surface area contributed by atoms with Crippen LogP contribution in [-0.4, -0.2) is 9.91 Å². The Hall–Kier alpha value is -2.14. The van der Waals surface area contributed by atoms with Gasteiger partial charge in [-0.2, -0.15) is 0 Å². The number of hydrogen-bond donors (Lipinski definition) is 0. The van der Waals surface area contributed by atoms with E-state index >= 15 is 0 Å². The van der Waals surface area contributed by atoms with Crippen LogP contribution < -0.4 is 4.74 Å². The van der Waals surface area contributed by atoms with E-state index in [0.29, 0.717) is 17.2 Å². The molecule has 6 heteroatoms. The van der Waals surface area contributed by atoms with E-state index < -0.39 is 4.92 Å². The van der Waals surface area contributed by atoms with Gasteiger partial charge in [0.25, 0.3) is 5.69 Å². The predicted molar refractivity (Wildman–Crippen MR) is 71.7 cm³/mol. The first-order valence-corrected chi connectivity index (χ1v) is 6.08. The van der Waals surface area contributed by atoms with Gasteiger partial charge >= 0.3 is 0 Å². The highest BCUT2D eigenvalue weighted by Crippen LogP contribution is 2.28. The molecule has 0 N–H and O–H groups in total. The lowest BCUT2D eigenvalue weighted by Crippen LogP contribution is -1.95. The minimum Gasteiger partial charge on any atom is -0.439 e. The molecule has 0 saturated heterocycles. The second-order valence-corrected chi connectivity index (χ2v) is 4.18. The van der Waals surface area contributed by atoms with Gasteiger partial charge in [0.15, 0.2) is 0 Å². The Kier molecular flexibility index (Phi) is 3.97. The standard InChI is InChI=1S/C13H11ClN2O3/c1-9-7-11(4-5-12(9)16(17)18)19-13-10(8-14)3-2-6-15-13/h2-7H,8H2,1H3. The molecule has 5 nitrogen and oxygen atoms in total. The second kappa shape index (κ2) is 5.67. The number of aromatic nitrogens is 1. The van der Waals surface area contributed by atoms with E-state index in [-0.39, 0.29) is 11.6 Å². The van der Waals surface area contributed by atoms with Crippen LogP contribution in [0.25, 0.3) is 0 Å². The molecule has 0 aliphatic rings. The third kappa shape index (κ3) is 3.00. The van der Waals surface area contributed by atoms with Crippen LogP contribution in [-0.2, 0) is 5.88 Å². The first-order valence-electron chi connectivity index (χ1n) is 5.54. The number of nitrogens with zero attached hydrogens (tertiary/aromatic N) is 2. The number of ether oxygens (including phenoxy) is 1. The van der Waals surface area contributed by atoms with Gasteiger partial charge in [-0.1, -0.05) is 6.07 Å². The zero-order valence-electron chi connectivity index (χ0n) is 10.2. The maximum Gasteiger partial charge on any atom is 0.272 e. The van der Waals surface area contributed by atoms with Gasteiger partial charge in [-0.05, 0) is 25.1 Å². The van der Waals surface area contributed by atoms with Crippen LogP contribution in [0, 0.1) is 17.0 Å². The Morgan fingerprint density at radius 1 is 1.42 bits per heavy atom. The zero-order valence-corrected chi connectivity index (χ0v) is 10.9. The zero-order chi connectivity index (χ0) is 13.8. The molecule has 0 unspecified atom stereocenters. The molecule has 0 fully saturated rings. The number of aryl methyl sites for hydroxylation is 1. The summed E-state index contributed by atoms with van der Waals surface area (Å²) in [7, 11) is 0. The number of pyridine rings is 1. The number of alkyl halides is 1. The lowest BCUT2D eigenvalue weighted by atomic mass is 10.2. The molecule has 0 radical (unpaired) electrons. The van der Waals surface area contributed by atoms with Gasteiger partial charge in [-0.3, -0.25) is 10.1 Å². The number of rotatable bonds is 4. The molecular formula is C13H11ClN2O3. The van der Waals surface area contributed by atoms with Gasteiger partial charge < -0.3 is 4.74 Å². The van der Waals surface area contributed by atoms with E-state index in [1.807, 2.05) is 6.07 Å². The Morgan fingerprint density at radius 2 is 2.21 bits per heavy atom. The van der Waals surface area contributed by atoms with Crippen molar-refractivity contribution in [2.45, 2.75) is 12.8 Å².